The van der Waals surface area contributed by atoms with E-state index in [4.69, 9.17) is 9.26 Å². The van der Waals surface area contributed by atoms with Gasteiger partial charge in [0, 0.05) is 23.9 Å². The molecule has 1 amide bonds. The first-order valence-corrected chi connectivity index (χ1v) is 9.07. The van der Waals surface area contributed by atoms with Gasteiger partial charge >= 0.3 is 0 Å². The van der Waals surface area contributed by atoms with E-state index in [2.05, 4.69) is 34.7 Å². The van der Waals surface area contributed by atoms with Gasteiger partial charge in [0.25, 0.3) is 0 Å². The molecule has 3 aromatic rings. The van der Waals surface area contributed by atoms with E-state index >= 15 is 0 Å². The van der Waals surface area contributed by atoms with Gasteiger partial charge in [0.15, 0.2) is 0 Å². The average molecular weight is 375 g/mol. The summed E-state index contributed by atoms with van der Waals surface area (Å²) in [6.07, 6.45) is 3.84. The molecule has 0 saturated carbocycles. The molecule has 6 nitrogen and oxygen atoms in total. The highest BCUT2D eigenvalue weighted by atomic mass is 16.5. The molecule has 28 heavy (non-hydrogen) atoms. The summed E-state index contributed by atoms with van der Waals surface area (Å²) in [6, 6.07) is 16.3. The number of carbonyl (C=O) groups excluding carboxylic acids is 1. The highest BCUT2D eigenvalue weighted by molar-refractivity contribution is 5.68. The maximum Gasteiger partial charge on any atom is 0.237 e. The molecular weight excluding hydrogens is 354 g/mol. The molecule has 1 N–H and O–H groups in total. The minimum Gasteiger partial charge on any atom is -0.472 e. The maximum absolute atomic E-state index is 10.9. The number of anilines is 1. The number of benzene rings is 2. The molecule has 6 heteroatoms. The molecule has 0 saturated heterocycles. The van der Waals surface area contributed by atoms with Crippen LogP contribution in [0.5, 0.6) is 0 Å². The average Bonchev–Trinajstić information content (AvgIpc) is 3.34. The Hall–Kier alpha value is -3.54. The molecule has 1 aliphatic heterocycles. The molecule has 142 valence electrons. The third kappa shape index (κ3) is 3.24. The van der Waals surface area contributed by atoms with Gasteiger partial charge in [0.2, 0.25) is 18.5 Å². The van der Waals surface area contributed by atoms with Crippen LogP contribution in [0.1, 0.15) is 28.6 Å². The summed E-state index contributed by atoms with van der Waals surface area (Å²) in [7, 11) is 0. The summed E-state index contributed by atoms with van der Waals surface area (Å²) in [5, 5.41) is 6.81. The van der Waals surface area contributed by atoms with Crippen molar-refractivity contribution in [3.63, 3.8) is 0 Å². The van der Waals surface area contributed by atoms with Crippen LogP contribution in [0.3, 0.4) is 0 Å². The molecule has 0 bridgehead atoms. The third-order valence-electron chi connectivity index (χ3n) is 4.92. The first-order valence-electron chi connectivity index (χ1n) is 9.07. The summed E-state index contributed by atoms with van der Waals surface area (Å²) in [4.78, 5) is 12.8. The summed E-state index contributed by atoms with van der Waals surface area (Å²) in [6.45, 7) is 4.32. The lowest BCUT2D eigenvalue weighted by Gasteiger charge is -2.23. The molecule has 2 aromatic carbocycles. The molecule has 1 aromatic heterocycles. The summed E-state index contributed by atoms with van der Waals surface area (Å²) in [5.41, 5.74) is 5.97. The van der Waals surface area contributed by atoms with Crippen LogP contribution in [0, 0.1) is 13.8 Å². The minimum atomic E-state index is -0.356. The summed E-state index contributed by atoms with van der Waals surface area (Å²) < 4.78 is 11.3. The first kappa shape index (κ1) is 17.9. The number of aromatic nitrogens is 1. The fourth-order valence-corrected chi connectivity index (χ4v) is 3.34. The molecule has 0 aliphatic carbocycles. The van der Waals surface area contributed by atoms with Crippen molar-refractivity contribution in [2.24, 2.45) is 0 Å². The van der Waals surface area contributed by atoms with Gasteiger partial charge in [0.05, 0.1) is 5.69 Å². The van der Waals surface area contributed by atoms with Crippen molar-refractivity contribution in [3.8, 4) is 11.1 Å². The number of nitrogens with one attached hydrogen (secondary N) is 1. The van der Waals surface area contributed by atoms with Gasteiger partial charge in [-0.3, -0.25) is 9.69 Å². The second-order valence-electron chi connectivity index (χ2n) is 6.66. The van der Waals surface area contributed by atoms with E-state index in [1.807, 2.05) is 49.2 Å². The molecule has 1 unspecified atom stereocenters. The predicted molar refractivity (Wildman–Crippen MR) is 106 cm³/mol. The van der Waals surface area contributed by atoms with E-state index in [-0.39, 0.29) is 6.23 Å². The molecule has 0 spiro atoms. The normalized spacial score (nSPS) is 15.5. The number of aryl methyl sites for hydroxylation is 1. The lowest BCUT2D eigenvalue weighted by Crippen LogP contribution is -2.21. The van der Waals surface area contributed by atoms with Gasteiger partial charge in [-0.05, 0) is 36.6 Å². The zero-order valence-electron chi connectivity index (χ0n) is 15.8. The largest absolute Gasteiger partial charge is 0.472 e. The Morgan fingerprint density at radius 2 is 2.00 bits per heavy atom. The minimum absolute atomic E-state index is 0.356. The van der Waals surface area contributed by atoms with E-state index < -0.39 is 0 Å². The zero-order valence-corrected chi connectivity index (χ0v) is 15.8. The quantitative estimate of drug-likeness (QED) is 0.654. The van der Waals surface area contributed by atoms with Gasteiger partial charge in [-0.1, -0.05) is 47.6 Å². The van der Waals surface area contributed by atoms with Crippen molar-refractivity contribution in [3.05, 3.63) is 83.4 Å². The van der Waals surface area contributed by atoms with Crippen LogP contribution < -0.4 is 10.2 Å². The van der Waals surface area contributed by atoms with Gasteiger partial charge in [-0.15, -0.1) is 0 Å². The lowest BCUT2D eigenvalue weighted by molar-refractivity contribution is -0.109. The van der Waals surface area contributed by atoms with Crippen molar-refractivity contribution < 1.29 is 14.1 Å². The zero-order chi connectivity index (χ0) is 19.5. The topological polar surface area (TPSA) is 67.6 Å². The smallest absolute Gasteiger partial charge is 0.237 e. The second kappa shape index (κ2) is 7.60. The maximum atomic E-state index is 10.9. The third-order valence-corrected chi connectivity index (χ3v) is 4.92. The first-order chi connectivity index (χ1) is 13.7. The number of rotatable bonds is 6. The number of amides is 1. The number of ether oxygens (including phenoxy) is 1. The number of hydrogen-bond acceptors (Lipinski definition) is 5. The molecule has 4 rings (SSSR count). The van der Waals surface area contributed by atoms with Crippen LogP contribution in [0.2, 0.25) is 0 Å². The fraction of sp³-hybridized carbons (Fsp3) is 0.182. The standard InChI is InChI=1S/C22H21N3O3/c1-15-16(2)24-28-21(15)25-10-11-27-22(25)18-8-9-20(17-6-4-3-5-7-17)19(12-18)13-23-14-26/h3-12,14,22H,13H2,1-2H3,(H,23,26). The molecule has 0 fully saturated rings. The van der Waals surface area contributed by atoms with E-state index in [1.165, 1.54) is 0 Å². The van der Waals surface area contributed by atoms with Crippen molar-refractivity contribution >= 4 is 12.3 Å². The van der Waals surface area contributed by atoms with Crippen LogP contribution in [-0.2, 0) is 16.1 Å². The molecule has 1 aliphatic rings. The van der Waals surface area contributed by atoms with Crippen LogP contribution in [0.4, 0.5) is 5.88 Å². The van der Waals surface area contributed by atoms with Crippen LogP contribution in [0.25, 0.3) is 11.1 Å². The van der Waals surface area contributed by atoms with Crippen LogP contribution >= 0.6 is 0 Å². The van der Waals surface area contributed by atoms with Gasteiger partial charge in [-0.2, -0.15) is 0 Å². The fourth-order valence-electron chi connectivity index (χ4n) is 3.34. The van der Waals surface area contributed by atoms with Crippen molar-refractivity contribution in [2.75, 3.05) is 4.90 Å². The Labute approximate surface area is 163 Å². The van der Waals surface area contributed by atoms with Gasteiger partial charge < -0.3 is 14.6 Å². The molecule has 0 radical (unpaired) electrons. The lowest BCUT2D eigenvalue weighted by atomic mass is 9.96. The van der Waals surface area contributed by atoms with Crippen molar-refractivity contribution in [1.82, 2.24) is 10.5 Å². The van der Waals surface area contributed by atoms with Crippen LogP contribution in [0.15, 0.2) is 65.5 Å². The molecule has 1 atom stereocenters. The predicted octanol–water partition coefficient (Wildman–Crippen LogP) is 4.21. The van der Waals surface area contributed by atoms with Crippen LogP contribution in [-0.4, -0.2) is 11.6 Å². The highest BCUT2D eigenvalue weighted by Gasteiger charge is 2.29. The van der Waals surface area contributed by atoms with Gasteiger partial charge in [-0.25, -0.2) is 0 Å². The SMILES string of the molecule is Cc1noc(N2C=COC2c2ccc(-c3ccccc3)c(CNC=O)c2)c1C. The number of hydrogen-bond donors (Lipinski definition) is 1. The second-order valence-corrected chi connectivity index (χ2v) is 6.66. The summed E-state index contributed by atoms with van der Waals surface area (Å²) in [5.74, 6) is 0.663. The summed E-state index contributed by atoms with van der Waals surface area (Å²) >= 11 is 0. The van der Waals surface area contributed by atoms with E-state index in [0.29, 0.717) is 18.8 Å². The number of carbonyl (C=O) groups is 1. The van der Waals surface area contributed by atoms with Crippen molar-refractivity contribution in [2.45, 2.75) is 26.6 Å². The van der Waals surface area contributed by atoms with E-state index in [9.17, 15) is 4.79 Å². The van der Waals surface area contributed by atoms with E-state index in [1.54, 1.807) is 6.26 Å². The van der Waals surface area contributed by atoms with E-state index in [0.717, 1.165) is 33.5 Å². The monoisotopic (exact) mass is 375 g/mol. The van der Waals surface area contributed by atoms with Gasteiger partial charge in [0.1, 0.15) is 6.26 Å². The van der Waals surface area contributed by atoms with Crippen molar-refractivity contribution in [1.29, 1.82) is 0 Å². The Bertz CT molecular complexity index is 1010. The highest BCUT2D eigenvalue weighted by Crippen LogP contribution is 2.37. The Kier molecular flexibility index (Phi) is 4.85. The molecular formula is C22H21N3O3. The number of nitrogens with zero attached hydrogens (tertiary/aromatic N) is 2. The Morgan fingerprint density at radius 3 is 2.71 bits per heavy atom. The Morgan fingerprint density at radius 1 is 1.18 bits per heavy atom. The molecule has 2 heterocycles. The Balaban J connectivity index is 1.71.